The van der Waals surface area contributed by atoms with Crippen molar-refractivity contribution >= 4 is 17.3 Å². The predicted octanol–water partition coefficient (Wildman–Crippen LogP) is 1.99. The molecule has 0 spiro atoms. The Balaban J connectivity index is 2.71. The van der Waals surface area contributed by atoms with Crippen molar-refractivity contribution in [3.8, 4) is 0 Å². The van der Waals surface area contributed by atoms with Gasteiger partial charge in [-0.05, 0) is 32.8 Å². The van der Waals surface area contributed by atoms with Crippen molar-refractivity contribution < 1.29 is 10.0 Å². The number of nitro groups is 1. The summed E-state index contributed by atoms with van der Waals surface area (Å²) in [6.07, 6.45) is 1.01. The van der Waals surface area contributed by atoms with E-state index in [-0.39, 0.29) is 17.6 Å². The summed E-state index contributed by atoms with van der Waals surface area (Å²) in [6, 6.07) is 3.02. The number of hydrogen-bond donors (Lipinski definition) is 3. The highest BCUT2D eigenvalue weighted by Gasteiger charge is 2.15. The molecule has 0 radical (unpaired) electrons. The molecule has 0 aliphatic carbocycles. The number of aromatic nitrogens is 1. The molecule has 7 nitrogen and oxygen atoms in total. The second-order valence-corrected chi connectivity index (χ2v) is 4.27. The zero-order valence-electron chi connectivity index (χ0n) is 11.2. The first-order valence-corrected chi connectivity index (χ1v) is 6.35. The van der Waals surface area contributed by atoms with Gasteiger partial charge in [0.15, 0.2) is 0 Å². The van der Waals surface area contributed by atoms with E-state index in [2.05, 4.69) is 15.6 Å². The molecular formula is C12H20N4O3. The van der Waals surface area contributed by atoms with Crippen molar-refractivity contribution in [1.82, 2.24) is 4.98 Å². The molecule has 1 rings (SSSR count). The maximum Gasteiger partial charge on any atom is 0.311 e. The molecule has 0 saturated heterocycles. The van der Waals surface area contributed by atoms with Crippen molar-refractivity contribution in [3.63, 3.8) is 0 Å². The molecule has 3 N–H and O–H groups in total. The van der Waals surface area contributed by atoms with Crippen LogP contribution in [0, 0.1) is 10.1 Å². The Morgan fingerprint density at radius 2 is 2.21 bits per heavy atom. The van der Waals surface area contributed by atoms with Crippen LogP contribution in [0.15, 0.2) is 12.1 Å². The number of nitrogens with one attached hydrogen (secondary N) is 2. The number of aliphatic hydroxyl groups excluding tert-OH is 1. The molecule has 0 aliphatic rings. The van der Waals surface area contributed by atoms with E-state index in [4.69, 9.17) is 5.11 Å². The van der Waals surface area contributed by atoms with E-state index < -0.39 is 4.92 Å². The lowest BCUT2D eigenvalue weighted by atomic mass is 10.2. The highest BCUT2D eigenvalue weighted by molar-refractivity contribution is 5.60. The van der Waals surface area contributed by atoms with Crippen LogP contribution in [-0.2, 0) is 0 Å². The fraction of sp³-hybridized carbons (Fsp3) is 0.583. The molecular weight excluding hydrogens is 248 g/mol. The minimum absolute atomic E-state index is 0.0429. The Bertz CT molecular complexity index is 423. The molecule has 1 heterocycles. The molecule has 106 valence electrons. The maximum atomic E-state index is 10.9. The highest BCUT2D eigenvalue weighted by Crippen LogP contribution is 2.23. The van der Waals surface area contributed by atoms with Crippen molar-refractivity contribution in [2.75, 3.05) is 23.7 Å². The average molecular weight is 268 g/mol. The third-order valence-electron chi connectivity index (χ3n) is 2.52. The first-order chi connectivity index (χ1) is 9.04. The van der Waals surface area contributed by atoms with E-state index in [9.17, 15) is 10.1 Å². The van der Waals surface area contributed by atoms with E-state index in [1.165, 1.54) is 6.07 Å². The second-order valence-electron chi connectivity index (χ2n) is 4.27. The molecule has 1 aromatic rings. The first kappa shape index (κ1) is 15.2. The fourth-order valence-corrected chi connectivity index (χ4v) is 1.61. The minimum Gasteiger partial charge on any atom is -0.393 e. The predicted molar refractivity (Wildman–Crippen MR) is 74.5 cm³/mol. The van der Waals surface area contributed by atoms with E-state index in [1.54, 1.807) is 13.0 Å². The van der Waals surface area contributed by atoms with E-state index in [1.807, 2.05) is 6.92 Å². The van der Waals surface area contributed by atoms with Crippen LogP contribution in [0.25, 0.3) is 0 Å². The normalized spacial score (nSPS) is 11.9. The van der Waals surface area contributed by atoms with Gasteiger partial charge in [0.25, 0.3) is 0 Å². The monoisotopic (exact) mass is 268 g/mol. The van der Waals surface area contributed by atoms with Crippen LogP contribution in [0.2, 0.25) is 0 Å². The zero-order chi connectivity index (χ0) is 14.3. The van der Waals surface area contributed by atoms with Gasteiger partial charge in [0.1, 0.15) is 5.82 Å². The fourth-order valence-electron chi connectivity index (χ4n) is 1.61. The van der Waals surface area contributed by atoms with E-state index >= 15 is 0 Å². The molecule has 7 heteroatoms. The Morgan fingerprint density at radius 3 is 2.79 bits per heavy atom. The Hall–Kier alpha value is -1.89. The minimum atomic E-state index is -0.459. The SMILES string of the molecule is CCNc1ccc([N+](=O)[O-])c(NCCCC(C)O)n1. The van der Waals surface area contributed by atoms with Gasteiger partial charge < -0.3 is 15.7 Å². The number of aliphatic hydroxyl groups is 1. The van der Waals surface area contributed by atoms with Crippen molar-refractivity contribution in [2.24, 2.45) is 0 Å². The quantitative estimate of drug-likeness (QED) is 0.379. The van der Waals surface area contributed by atoms with Gasteiger partial charge in [-0.2, -0.15) is 0 Å². The van der Waals surface area contributed by atoms with Crippen molar-refractivity contribution in [1.29, 1.82) is 0 Å². The number of rotatable bonds is 8. The molecule has 0 bridgehead atoms. The van der Waals surface area contributed by atoms with Gasteiger partial charge in [-0.3, -0.25) is 10.1 Å². The molecule has 1 aromatic heterocycles. The van der Waals surface area contributed by atoms with Gasteiger partial charge in [0, 0.05) is 19.2 Å². The van der Waals surface area contributed by atoms with Crippen molar-refractivity contribution in [2.45, 2.75) is 32.8 Å². The summed E-state index contributed by atoms with van der Waals surface area (Å²) in [7, 11) is 0. The summed E-state index contributed by atoms with van der Waals surface area (Å²) in [4.78, 5) is 14.6. The molecule has 0 fully saturated rings. The van der Waals surface area contributed by atoms with Crippen LogP contribution in [0.4, 0.5) is 17.3 Å². The zero-order valence-corrected chi connectivity index (χ0v) is 11.2. The topological polar surface area (TPSA) is 100 Å². The highest BCUT2D eigenvalue weighted by atomic mass is 16.6. The first-order valence-electron chi connectivity index (χ1n) is 6.35. The lowest BCUT2D eigenvalue weighted by molar-refractivity contribution is -0.384. The molecule has 0 aromatic carbocycles. The van der Waals surface area contributed by atoms with E-state index in [0.717, 1.165) is 6.42 Å². The van der Waals surface area contributed by atoms with Gasteiger partial charge >= 0.3 is 5.69 Å². The summed E-state index contributed by atoms with van der Waals surface area (Å²) < 4.78 is 0. The van der Waals surface area contributed by atoms with Gasteiger partial charge in [-0.25, -0.2) is 4.98 Å². The Kier molecular flexibility index (Phi) is 6.01. The molecule has 1 unspecified atom stereocenters. The molecule has 19 heavy (non-hydrogen) atoms. The maximum absolute atomic E-state index is 10.9. The number of hydrogen-bond acceptors (Lipinski definition) is 6. The summed E-state index contributed by atoms with van der Waals surface area (Å²) in [6.45, 7) is 4.88. The lowest BCUT2D eigenvalue weighted by Crippen LogP contribution is -2.10. The standard InChI is InChI=1S/C12H20N4O3/c1-3-13-11-7-6-10(16(18)19)12(15-11)14-8-4-5-9(2)17/h6-7,9,17H,3-5,8H2,1-2H3,(H2,13,14,15). The van der Waals surface area contributed by atoms with Crippen LogP contribution < -0.4 is 10.6 Å². The second kappa shape index (κ2) is 7.52. The lowest BCUT2D eigenvalue weighted by Gasteiger charge is -2.09. The Labute approximate surface area is 112 Å². The average Bonchev–Trinajstić information content (AvgIpc) is 2.34. The summed E-state index contributed by atoms with van der Waals surface area (Å²) in [5, 5.41) is 26.0. The summed E-state index contributed by atoms with van der Waals surface area (Å²) >= 11 is 0. The molecule has 0 aliphatic heterocycles. The van der Waals surface area contributed by atoms with Crippen LogP contribution in [0.5, 0.6) is 0 Å². The number of pyridine rings is 1. The smallest absolute Gasteiger partial charge is 0.311 e. The van der Waals surface area contributed by atoms with Gasteiger partial charge in [-0.15, -0.1) is 0 Å². The molecule has 0 amide bonds. The van der Waals surface area contributed by atoms with Gasteiger partial charge in [0.05, 0.1) is 11.0 Å². The van der Waals surface area contributed by atoms with Crippen LogP contribution in [0.1, 0.15) is 26.7 Å². The van der Waals surface area contributed by atoms with E-state index in [0.29, 0.717) is 25.3 Å². The van der Waals surface area contributed by atoms with Crippen LogP contribution in [-0.4, -0.2) is 34.2 Å². The molecule has 1 atom stereocenters. The Morgan fingerprint density at radius 1 is 1.47 bits per heavy atom. The number of anilines is 2. The molecule has 0 saturated carbocycles. The summed E-state index contributed by atoms with van der Waals surface area (Å²) in [5.41, 5.74) is -0.0429. The summed E-state index contributed by atoms with van der Waals surface area (Å²) in [5.74, 6) is 0.861. The van der Waals surface area contributed by atoms with Crippen molar-refractivity contribution in [3.05, 3.63) is 22.2 Å². The van der Waals surface area contributed by atoms with Crippen LogP contribution in [0.3, 0.4) is 0 Å². The third kappa shape index (κ3) is 5.09. The van der Waals surface area contributed by atoms with Gasteiger partial charge in [0.2, 0.25) is 5.82 Å². The third-order valence-corrected chi connectivity index (χ3v) is 2.52. The van der Waals surface area contributed by atoms with Gasteiger partial charge in [-0.1, -0.05) is 0 Å². The largest absolute Gasteiger partial charge is 0.393 e. The van der Waals surface area contributed by atoms with Crippen LogP contribution >= 0.6 is 0 Å². The number of nitrogens with zero attached hydrogens (tertiary/aromatic N) is 2.